The van der Waals surface area contributed by atoms with Crippen molar-refractivity contribution in [1.82, 2.24) is 9.97 Å². The number of ether oxygens (including phenoxy) is 1. The van der Waals surface area contributed by atoms with Crippen LogP contribution in [0.2, 0.25) is 0 Å². The Morgan fingerprint density at radius 3 is 2.79 bits per heavy atom. The molecule has 1 aliphatic heterocycles. The lowest BCUT2D eigenvalue weighted by atomic mass is 10.1. The smallest absolute Gasteiger partial charge is 0.384 e. The van der Waals surface area contributed by atoms with Crippen molar-refractivity contribution >= 4 is 11.6 Å². The molecule has 0 spiro atoms. The number of halogens is 3. The van der Waals surface area contributed by atoms with Crippen molar-refractivity contribution in [2.75, 3.05) is 30.8 Å². The van der Waals surface area contributed by atoms with Crippen molar-refractivity contribution in [3.8, 4) is 0 Å². The number of methoxy groups -OCH3 is 1. The van der Waals surface area contributed by atoms with Crippen LogP contribution in [0, 0.1) is 0 Å². The van der Waals surface area contributed by atoms with Crippen molar-refractivity contribution in [3.63, 3.8) is 0 Å². The molecule has 0 bridgehead atoms. The van der Waals surface area contributed by atoms with Crippen LogP contribution in [0.4, 0.5) is 24.8 Å². The first-order valence-corrected chi connectivity index (χ1v) is 5.89. The first-order chi connectivity index (χ1) is 8.90. The first kappa shape index (κ1) is 13.9. The lowest BCUT2D eigenvalue weighted by Gasteiger charge is -2.32. The van der Waals surface area contributed by atoms with Crippen LogP contribution in [-0.4, -0.2) is 36.3 Å². The maximum Gasteiger partial charge on any atom is 0.451 e. The number of rotatable bonds is 2. The van der Waals surface area contributed by atoms with E-state index in [1.54, 1.807) is 12.0 Å². The van der Waals surface area contributed by atoms with Gasteiger partial charge in [-0.1, -0.05) is 0 Å². The van der Waals surface area contributed by atoms with Crippen molar-refractivity contribution in [2.24, 2.45) is 0 Å². The zero-order valence-corrected chi connectivity index (χ0v) is 10.4. The molecule has 1 saturated heterocycles. The fourth-order valence-corrected chi connectivity index (χ4v) is 2.08. The highest BCUT2D eigenvalue weighted by atomic mass is 19.4. The highest BCUT2D eigenvalue weighted by molar-refractivity contribution is 5.47. The number of nitrogens with two attached hydrogens (primary N) is 1. The summed E-state index contributed by atoms with van der Waals surface area (Å²) >= 11 is 0. The molecule has 8 heteroatoms. The number of hydrogen-bond acceptors (Lipinski definition) is 5. The van der Waals surface area contributed by atoms with E-state index in [4.69, 9.17) is 10.5 Å². The Kier molecular flexibility index (Phi) is 3.79. The van der Waals surface area contributed by atoms with Gasteiger partial charge in [0.2, 0.25) is 5.82 Å². The summed E-state index contributed by atoms with van der Waals surface area (Å²) in [5.74, 6) is -1.19. The number of piperidine rings is 1. The molecule has 0 aliphatic carbocycles. The van der Waals surface area contributed by atoms with E-state index < -0.39 is 12.0 Å². The van der Waals surface area contributed by atoms with Crippen LogP contribution in [0.15, 0.2) is 6.07 Å². The summed E-state index contributed by atoms with van der Waals surface area (Å²) in [6.07, 6.45) is -2.87. The highest BCUT2D eigenvalue weighted by Crippen LogP contribution is 2.29. The van der Waals surface area contributed by atoms with Gasteiger partial charge in [0.1, 0.15) is 11.6 Å². The largest absolute Gasteiger partial charge is 0.451 e. The van der Waals surface area contributed by atoms with Crippen LogP contribution in [0.5, 0.6) is 0 Å². The molecule has 0 aromatic carbocycles. The zero-order valence-electron chi connectivity index (χ0n) is 10.4. The Hall–Kier alpha value is -1.57. The molecule has 0 saturated carbocycles. The van der Waals surface area contributed by atoms with Crippen molar-refractivity contribution in [1.29, 1.82) is 0 Å². The Balaban J connectivity index is 2.26. The van der Waals surface area contributed by atoms with Gasteiger partial charge >= 0.3 is 6.18 Å². The maximum absolute atomic E-state index is 12.6. The number of alkyl halides is 3. The molecule has 2 N–H and O–H groups in total. The third kappa shape index (κ3) is 3.25. The molecule has 1 fully saturated rings. The molecule has 2 rings (SSSR count). The molecule has 0 radical (unpaired) electrons. The molecule has 0 amide bonds. The molecular formula is C11H15F3N4O. The second kappa shape index (κ2) is 5.20. The Morgan fingerprint density at radius 2 is 2.16 bits per heavy atom. The molecule has 2 heterocycles. The van der Waals surface area contributed by atoms with E-state index in [2.05, 4.69) is 9.97 Å². The highest BCUT2D eigenvalue weighted by Gasteiger charge is 2.36. The standard InChI is InChI=1S/C11H15F3N4O/c1-19-7-3-2-4-18(6-7)9-5-8(15)16-10(17-9)11(12,13)14/h5,7H,2-4,6H2,1H3,(H2,15,16,17). The molecule has 1 unspecified atom stereocenters. The van der Waals surface area contributed by atoms with E-state index in [9.17, 15) is 13.2 Å². The van der Waals surface area contributed by atoms with Crippen molar-refractivity contribution in [2.45, 2.75) is 25.1 Å². The maximum atomic E-state index is 12.6. The van der Waals surface area contributed by atoms with Crippen LogP contribution < -0.4 is 10.6 Å². The molecule has 5 nitrogen and oxygen atoms in total. The van der Waals surface area contributed by atoms with Gasteiger partial charge < -0.3 is 15.4 Å². The summed E-state index contributed by atoms with van der Waals surface area (Å²) in [5, 5.41) is 0. The van der Waals surface area contributed by atoms with Gasteiger partial charge in [-0.25, -0.2) is 9.97 Å². The fourth-order valence-electron chi connectivity index (χ4n) is 2.08. The predicted molar refractivity (Wildman–Crippen MR) is 63.7 cm³/mol. The van der Waals surface area contributed by atoms with E-state index in [-0.39, 0.29) is 17.7 Å². The van der Waals surface area contributed by atoms with Gasteiger partial charge in [0, 0.05) is 26.3 Å². The number of hydrogen-bond donors (Lipinski definition) is 1. The van der Waals surface area contributed by atoms with Crippen LogP contribution in [0.1, 0.15) is 18.7 Å². The average molecular weight is 276 g/mol. The number of nitrogens with zero attached hydrogens (tertiary/aromatic N) is 3. The fraction of sp³-hybridized carbons (Fsp3) is 0.636. The predicted octanol–water partition coefficient (Wildman–Crippen LogP) is 1.69. The van der Waals surface area contributed by atoms with E-state index in [0.717, 1.165) is 12.8 Å². The Labute approximate surface area is 108 Å². The molecule has 1 aliphatic rings. The molecule has 1 aromatic heterocycles. The van der Waals surface area contributed by atoms with Gasteiger partial charge in [0.15, 0.2) is 0 Å². The van der Waals surface area contributed by atoms with Gasteiger partial charge in [-0.05, 0) is 12.8 Å². The minimum absolute atomic E-state index is 0.000670. The summed E-state index contributed by atoms with van der Waals surface area (Å²) in [5.41, 5.74) is 5.42. The monoisotopic (exact) mass is 276 g/mol. The van der Waals surface area contributed by atoms with E-state index in [1.165, 1.54) is 6.07 Å². The molecule has 1 atom stereocenters. The number of anilines is 2. The van der Waals surface area contributed by atoms with Gasteiger partial charge in [-0.3, -0.25) is 0 Å². The van der Waals surface area contributed by atoms with Crippen LogP contribution in [0.25, 0.3) is 0 Å². The van der Waals surface area contributed by atoms with Gasteiger partial charge in [0.05, 0.1) is 6.10 Å². The second-order valence-corrected chi connectivity index (χ2v) is 4.42. The van der Waals surface area contributed by atoms with Gasteiger partial charge in [-0.15, -0.1) is 0 Å². The second-order valence-electron chi connectivity index (χ2n) is 4.42. The Morgan fingerprint density at radius 1 is 1.42 bits per heavy atom. The SMILES string of the molecule is COC1CCCN(c2cc(N)nc(C(F)(F)F)n2)C1. The minimum Gasteiger partial charge on any atom is -0.384 e. The lowest BCUT2D eigenvalue weighted by molar-refractivity contribution is -0.144. The average Bonchev–Trinajstić information content (AvgIpc) is 2.37. The molecule has 19 heavy (non-hydrogen) atoms. The van der Waals surface area contributed by atoms with Crippen molar-refractivity contribution in [3.05, 3.63) is 11.9 Å². The minimum atomic E-state index is -4.60. The van der Waals surface area contributed by atoms with E-state index >= 15 is 0 Å². The third-order valence-electron chi connectivity index (χ3n) is 3.02. The van der Waals surface area contributed by atoms with Crippen LogP contribution in [-0.2, 0) is 10.9 Å². The summed E-state index contributed by atoms with van der Waals surface area (Å²) < 4.78 is 43.1. The summed E-state index contributed by atoms with van der Waals surface area (Å²) in [4.78, 5) is 8.52. The quantitative estimate of drug-likeness (QED) is 0.890. The van der Waals surface area contributed by atoms with Gasteiger partial charge in [-0.2, -0.15) is 13.2 Å². The number of aromatic nitrogens is 2. The summed E-state index contributed by atoms with van der Waals surface area (Å²) in [6.45, 7) is 1.14. The molecular weight excluding hydrogens is 261 g/mol. The zero-order chi connectivity index (χ0) is 14.0. The number of nitrogen functional groups attached to an aromatic ring is 1. The van der Waals surface area contributed by atoms with E-state index in [0.29, 0.717) is 13.1 Å². The van der Waals surface area contributed by atoms with Gasteiger partial charge in [0.25, 0.3) is 0 Å². The van der Waals surface area contributed by atoms with Crippen LogP contribution in [0.3, 0.4) is 0 Å². The van der Waals surface area contributed by atoms with Crippen molar-refractivity contribution < 1.29 is 17.9 Å². The Bertz CT molecular complexity index is 452. The summed E-state index contributed by atoms with van der Waals surface area (Å²) in [6, 6.07) is 1.35. The topological polar surface area (TPSA) is 64.3 Å². The third-order valence-corrected chi connectivity index (χ3v) is 3.02. The lowest BCUT2D eigenvalue weighted by Crippen LogP contribution is -2.40. The molecule has 106 valence electrons. The summed E-state index contributed by atoms with van der Waals surface area (Å²) in [7, 11) is 1.59. The first-order valence-electron chi connectivity index (χ1n) is 5.89. The molecule has 1 aromatic rings. The van der Waals surface area contributed by atoms with E-state index in [1.807, 2.05) is 0 Å². The normalized spacial score (nSPS) is 20.6. The van der Waals surface area contributed by atoms with Crippen LogP contribution >= 0.6 is 0 Å².